The van der Waals surface area contributed by atoms with Gasteiger partial charge in [0, 0.05) is 19.3 Å². The number of esters is 3. The zero-order valence-corrected chi connectivity index (χ0v) is 53.5. The molecule has 0 aliphatic heterocycles. The molecule has 0 spiro atoms. The molecule has 0 bridgehead atoms. The predicted molar refractivity (Wildman–Crippen MR) is 357 cm³/mol. The Kier molecular flexibility index (Phi) is 65.3. The lowest BCUT2D eigenvalue weighted by Crippen LogP contribution is -2.30. The number of allylic oxidation sites excluding steroid dienone is 22. The van der Waals surface area contributed by atoms with Crippen molar-refractivity contribution in [3.05, 3.63) is 134 Å². The van der Waals surface area contributed by atoms with Crippen molar-refractivity contribution in [2.75, 3.05) is 13.2 Å². The van der Waals surface area contributed by atoms with E-state index in [-0.39, 0.29) is 31.1 Å². The summed E-state index contributed by atoms with van der Waals surface area (Å²) in [5.41, 5.74) is 0. The van der Waals surface area contributed by atoms with Gasteiger partial charge in [0.1, 0.15) is 13.2 Å². The van der Waals surface area contributed by atoms with E-state index in [1.165, 1.54) is 135 Å². The summed E-state index contributed by atoms with van der Waals surface area (Å²) in [6, 6.07) is 0. The minimum atomic E-state index is -0.787. The molecular weight excluding hydrogens is 1010 g/mol. The smallest absolute Gasteiger partial charge is 0.306 e. The van der Waals surface area contributed by atoms with Crippen LogP contribution >= 0.6 is 0 Å². The number of hydrogen-bond donors (Lipinski definition) is 0. The summed E-state index contributed by atoms with van der Waals surface area (Å²) in [5.74, 6) is -0.891. The highest BCUT2D eigenvalue weighted by Gasteiger charge is 2.19. The molecule has 0 amide bonds. The number of hydrogen-bond acceptors (Lipinski definition) is 6. The molecule has 0 saturated heterocycles. The van der Waals surface area contributed by atoms with E-state index in [2.05, 4.69) is 154 Å². The van der Waals surface area contributed by atoms with Crippen LogP contribution in [0.4, 0.5) is 0 Å². The van der Waals surface area contributed by atoms with Crippen molar-refractivity contribution in [2.24, 2.45) is 0 Å². The van der Waals surface area contributed by atoms with E-state index in [4.69, 9.17) is 14.2 Å². The molecule has 0 aromatic heterocycles. The Bertz CT molecular complexity index is 1730. The fraction of sp³-hybridized carbons (Fsp3) is 0.671. The quantitative estimate of drug-likeness (QED) is 0.0261. The van der Waals surface area contributed by atoms with Gasteiger partial charge in [0.25, 0.3) is 0 Å². The van der Waals surface area contributed by atoms with Crippen LogP contribution in [0, 0.1) is 0 Å². The summed E-state index contributed by atoms with van der Waals surface area (Å²) in [4.78, 5) is 38.3. The lowest BCUT2D eigenvalue weighted by molar-refractivity contribution is -0.167. The highest BCUT2D eigenvalue weighted by atomic mass is 16.6. The molecular formula is C76H126O6. The van der Waals surface area contributed by atoms with Crippen molar-refractivity contribution in [1.82, 2.24) is 0 Å². The van der Waals surface area contributed by atoms with Gasteiger partial charge < -0.3 is 14.2 Å². The van der Waals surface area contributed by atoms with Crippen LogP contribution in [-0.4, -0.2) is 37.2 Å². The molecule has 1 unspecified atom stereocenters. The minimum absolute atomic E-state index is 0.0824. The summed E-state index contributed by atoms with van der Waals surface area (Å²) >= 11 is 0. The fourth-order valence-corrected chi connectivity index (χ4v) is 9.36. The molecule has 82 heavy (non-hydrogen) atoms. The maximum atomic E-state index is 12.9. The van der Waals surface area contributed by atoms with Crippen LogP contribution in [0.1, 0.15) is 310 Å². The Labute approximate surface area is 506 Å². The highest BCUT2D eigenvalue weighted by molar-refractivity contribution is 5.71. The van der Waals surface area contributed by atoms with Crippen molar-refractivity contribution in [2.45, 2.75) is 316 Å². The van der Waals surface area contributed by atoms with Gasteiger partial charge in [-0.1, -0.05) is 309 Å². The molecule has 0 N–H and O–H groups in total. The molecule has 0 aromatic carbocycles. The van der Waals surface area contributed by atoms with Gasteiger partial charge in [-0.25, -0.2) is 0 Å². The van der Waals surface area contributed by atoms with Crippen molar-refractivity contribution in [3.63, 3.8) is 0 Å². The van der Waals surface area contributed by atoms with E-state index in [0.717, 1.165) is 135 Å². The number of ether oxygens (including phenoxy) is 3. The van der Waals surface area contributed by atoms with Gasteiger partial charge in [-0.2, -0.15) is 0 Å². The summed E-state index contributed by atoms with van der Waals surface area (Å²) in [7, 11) is 0. The monoisotopic (exact) mass is 1130 g/mol. The van der Waals surface area contributed by atoms with Crippen LogP contribution in [0.2, 0.25) is 0 Å². The van der Waals surface area contributed by atoms with Gasteiger partial charge in [-0.3, -0.25) is 14.4 Å². The molecule has 1 atom stereocenters. The Hall–Kier alpha value is -4.45. The summed E-state index contributed by atoms with van der Waals surface area (Å²) in [5, 5.41) is 0. The molecule has 0 radical (unpaired) electrons. The van der Waals surface area contributed by atoms with Gasteiger partial charge >= 0.3 is 17.9 Å². The number of carbonyl (C=O) groups excluding carboxylic acids is 3. The number of unbranched alkanes of at least 4 members (excludes halogenated alkanes) is 28. The van der Waals surface area contributed by atoms with Gasteiger partial charge in [-0.15, -0.1) is 0 Å². The largest absolute Gasteiger partial charge is 0.462 e. The van der Waals surface area contributed by atoms with E-state index in [0.29, 0.717) is 19.3 Å². The SMILES string of the molecule is CC/C=C\C/C=C\C/C=C\C/C=C\C/C=C\C/C=C\C/C=C\CCCCCCCCCC(=O)OCC(COC(=O)CCCCCCCCCCCC)OC(=O)CCCCCCCCCCCCCC/C=C\C/C=C\C/C=C\C/C=C\CC. The minimum Gasteiger partial charge on any atom is -0.462 e. The lowest BCUT2D eigenvalue weighted by atomic mass is 10.0. The highest BCUT2D eigenvalue weighted by Crippen LogP contribution is 2.16. The molecule has 466 valence electrons. The van der Waals surface area contributed by atoms with Gasteiger partial charge in [0.2, 0.25) is 0 Å². The van der Waals surface area contributed by atoms with Crippen LogP contribution in [0.15, 0.2) is 134 Å². The van der Waals surface area contributed by atoms with Crippen molar-refractivity contribution < 1.29 is 28.6 Å². The third-order valence-electron chi connectivity index (χ3n) is 14.4. The van der Waals surface area contributed by atoms with E-state index < -0.39 is 6.10 Å². The standard InChI is InChI=1S/C76H126O6/c1-4-7-10-13-16-19-22-24-26-28-30-32-34-36-37-38-39-41-42-44-46-48-50-52-54-57-60-63-66-69-75(78)81-72-73(71-80-74(77)68-65-62-59-56-21-18-15-12-9-6-3)82-76(79)70-67-64-61-58-55-53-51-49-47-45-43-40-35-33-31-29-27-25-23-20-17-14-11-8-5-2/h7-8,10-11,16-17,19-20,24-27,30-33,36-37,39,41,44,46,73H,4-6,9,12-15,18,21-23,28-29,34-35,38,40,42-43,45,47-72H2,1-3H3/b10-7-,11-8-,19-16-,20-17-,26-24-,27-25-,32-30-,33-31-,37-36-,41-39-,46-44-. The summed E-state index contributed by atoms with van der Waals surface area (Å²) in [6.45, 7) is 6.41. The average Bonchev–Trinajstić information content (AvgIpc) is 3.48. The topological polar surface area (TPSA) is 78.9 Å². The maximum Gasteiger partial charge on any atom is 0.306 e. The molecule has 0 aliphatic rings. The third-order valence-corrected chi connectivity index (χ3v) is 14.4. The molecule has 0 aliphatic carbocycles. The summed E-state index contributed by atoms with van der Waals surface area (Å²) < 4.78 is 16.9. The van der Waals surface area contributed by atoms with Crippen LogP contribution in [0.3, 0.4) is 0 Å². The zero-order chi connectivity index (χ0) is 59.2. The predicted octanol–water partition coefficient (Wildman–Crippen LogP) is 23.7. The molecule has 0 heterocycles. The molecule has 0 saturated carbocycles. The average molecular weight is 1140 g/mol. The van der Waals surface area contributed by atoms with Crippen LogP contribution in [-0.2, 0) is 28.6 Å². The third kappa shape index (κ3) is 66.4. The molecule has 0 aromatic rings. The fourth-order valence-electron chi connectivity index (χ4n) is 9.36. The van der Waals surface area contributed by atoms with Crippen molar-refractivity contribution >= 4 is 17.9 Å². The Morgan fingerprint density at radius 2 is 0.476 bits per heavy atom. The second-order valence-electron chi connectivity index (χ2n) is 22.3. The first-order valence-electron chi connectivity index (χ1n) is 34.2. The second kappa shape index (κ2) is 69.0. The van der Waals surface area contributed by atoms with Crippen LogP contribution in [0.25, 0.3) is 0 Å². The number of carbonyl (C=O) groups is 3. The second-order valence-corrected chi connectivity index (χ2v) is 22.3. The molecule has 6 heteroatoms. The molecule has 6 nitrogen and oxygen atoms in total. The van der Waals surface area contributed by atoms with Crippen LogP contribution < -0.4 is 0 Å². The number of rotatable bonds is 61. The van der Waals surface area contributed by atoms with E-state index in [1.807, 2.05) is 0 Å². The normalized spacial score (nSPS) is 13.0. The first kappa shape index (κ1) is 77.5. The van der Waals surface area contributed by atoms with Crippen molar-refractivity contribution in [1.29, 1.82) is 0 Å². The van der Waals surface area contributed by atoms with E-state index >= 15 is 0 Å². The first-order chi connectivity index (χ1) is 40.5. The Morgan fingerprint density at radius 3 is 0.744 bits per heavy atom. The summed E-state index contributed by atoms with van der Waals surface area (Å²) in [6.07, 6.45) is 97.6. The van der Waals surface area contributed by atoms with Gasteiger partial charge in [-0.05, 0) is 116 Å². The van der Waals surface area contributed by atoms with E-state index in [9.17, 15) is 14.4 Å². The van der Waals surface area contributed by atoms with E-state index in [1.54, 1.807) is 0 Å². The maximum absolute atomic E-state index is 12.9. The van der Waals surface area contributed by atoms with Crippen molar-refractivity contribution in [3.8, 4) is 0 Å². The Morgan fingerprint density at radius 1 is 0.256 bits per heavy atom. The molecule has 0 rings (SSSR count). The zero-order valence-electron chi connectivity index (χ0n) is 53.5. The molecule has 0 fully saturated rings. The van der Waals surface area contributed by atoms with Gasteiger partial charge in [0.15, 0.2) is 6.10 Å². The Balaban J connectivity index is 4.27. The first-order valence-corrected chi connectivity index (χ1v) is 34.2. The van der Waals surface area contributed by atoms with Gasteiger partial charge in [0.05, 0.1) is 0 Å². The van der Waals surface area contributed by atoms with Crippen LogP contribution in [0.5, 0.6) is 0 Å². The lowest BCUT2D eigenvalue weighted by Gasteiger charge is -2.18.